The van der Waals surface area contributed by atoms with E-state index in [-0.39, 0.29) is 29.7 Å². The molecule has 16 rings (SSSR count). The molecule has 8 aromatic carbocycles. The fourth-order valence-electron chi connectivity index (χ4n) is 10.6. The van der Waals surface area contributed by atoms with E-state index < -0.39 is 0 Å². The summed E-state index contributed by atoms with van der Waals surface area (Å²) in [6, 6.07) is 45.6. The summed E-state index contributed by atoms with van der Waals surface area (Å²) in [6.07, 6.45) is 2.50. The maximum Gasteiger partial charge on any atom is 0.264 e. The molecule has 344 valence electrons. The summed E-state index contributed by atoms with van der Waals surface area (Å²) in [5, 5.41) is 8.84. The number of imidazole rings is 4. The molecule has 0 bridgehead atoms. The van der Waals surface area contributed by atoms with Crippen molar-refractivity contribution in [3.05, 3.63) is 187 Å². The van der Waals surface area contributed by atoms with Gasteiger partial charge in [0.05, 0.1) is 44.1 Å². The average molecular weight is 929 g/mol. The first-order chi connectivity index (χ1) is 34.3. The van der Waals surface area contributed by atoms with Crippen LogP contribution in [0.15, 0.2) is 165 Å². The topological polar surface area (TPSA) is 137 Å². The lowest BCUT2D eigenvalue weighted by molar-refractivity contribution is 1.09. The molecule has 0 atom stereocenters. The molecule has 0 fully saturated rings. The van der Waals surface area contributed by atoms with Gasteiger partial charge in [-0.05, 0) is 97.1 Å². The van der Waals surface area contributed by atoms with Gasteiger partial charge >= 0.3 is 0 Å². The molecule has 0 aliphatic rings. The first-order valence-electron chi connectivity index (χ1n) is 23.6. The molecule has 71 heavy (non-hydrogen) atoms. The van der Waals surface area contributed by atoms with Gasteiger partial charge in [0.1, 0.15) is 22.6 Å². The van der Waals surface area contributed by atoms with E-state index in [0.29, 0.717) is 44.1 Å². The van der Waals surface area contributed by atoms with Crippen molar-refractivity contribution in [3.63, 3.8) is 0 Å². The number of para-hydroxylation sites is 8. The van der Waals surface area contributed by atoms with Crippen molar-refractivity contribution >= 4 is 131 Å². The van der Waals surface area contributed by atoms with Crippen molar-refractivity contribution in [3.8, 4) is 0 Å². The van der Waals surface area contributed by atoms with E-state index in [1.54, 1.807) is 29.7 Å². The van der Waals surface area contributed by atoms with Crippen LogP contribution < -0.4 is 22.2 Å². The number of hydrogen-bond acceptors (Lipinski definition) is 8. The number of fused-ring (bicyclic) bond motifs is 16. The minimum atomic E-state index is -0.128. The SMILES string of the molecule is C.CCC.CCC.O=c1c2ccc3c(=O)n4c5ccccc5nc4c4ccc(c2c34)c2nc3ccccc3n12.O=c1c2ccc3c4c(ccc(c24)c2nc4ccccc4n12)c(=O)n1c2ccccc2nc31. The van der Waals surface area contributed by atoms with Crippen molar-refractivity contribution in [2.24, 2.45) is 0 Å². The van der Waals surface area contributed by atoms with Crippen molar-refractivity contribution in [2.75, 3.05) is 0 Å². The first kappa shape index (κ1) is 43.1. The zero-order chi connectivity index (χ0) is 47.7. The lowest BCUT2D eigenvalue weighted by Crippen LogP contribution is -2.16. The number of nitrogens with zero attached hydrogens (tertiary/aromatic N) is 8. The molecule has 0 aliphatic carbocycles. The Morgan fingerprint density at radius 1 is 0.296 bits per heavy atom. The van der Waals surface area contributed by atoms with Gasteiger partial charge in [-0.1, -0.05) is 96.5 Å². The quantitative estimate of drug-likeness (QED) is 0.137. The van der Waals surface area contributed by atoms with Crippen molar-refractivity contribution < 1.29 is 0 Å². The van der Waals surface area contributed by atoms with Crippen molar-refractivity contribution in [1.29, 1.82) is 0 Å². The van der Waals surface area contributed by atoms with Crippen LogP contribution in [0.2, 0.25) is 0 Å². The molecule has 0 saturated carbocycles. The van der Waals surface area contributed by atoms with Crippen LogP contribution in [-0.2, 0) is 0 Å². The third-order valence-corrected chi connectivity index (χ3v) is 13.3. The zero-order valence-electron chi connectivity index (χ0n) is 38.5. The Kier molecular flexibility index (Phi) is 9.70. The number of benzene rings is 8. The molecule has 0 unspecified atom stereocenters. The fraction of sp³-hybridized carbons (Fsp3) is 0.119. The van der Waals surface area contributed by atoms with Crippen molar-refractivity contribution in [1.82, 2.24) is 37.5 Å². The summed E-state index contributed by atoms with van der Waals surface area (Å²) >= 11 is 0. The highest BCUT2D eigenvalue weighted by molar-refractivity contribution is 6.29. The number of rotatable bonds is 0. The second-order valence-electron chi connectivity index (χ2n) is 17.8. The minimum absolute atomic E-state index is 0. The molecule has 0 amide bonds. The molecule has 12 nitrogen and oxygen atoms in total. The fourth-order valence-corrected chi connectivity index (χ4v) is 10.6. The molecule has 16 aromatic rings. The summed E-state index contributed by atoms with van der Waals surface area (Å²) < 4.78 is 6.70. The van der Waals surface area contributed by atoms with E-state index in [4.69, 9.17) is 19.9 Å². The Balaban J connectivity index is 0.000000130. The lowest BCUT2D eigenvalue weighted by atomic mass is 9.96. The molecular formula is C59H44N8O4. The number of aromatic nitrogens is 8. The molecule has 12 heteroatoms. The highest BCUT2D eigenvalue weighted by atomic mass is 16.1. The Labute approximate surface area is 402 Å². The van der Waals surface area contributed by atoms with Gasteiger partial charge < -0.3 is 0 Å². The summed E-state index contributed by atoms with van der Waals surface area (Å²) in [5.41, 5.74) is 8.13. The van der Waals surface area contributed by atoms with Gasteiger partial charge in [-0.2, -0.15) is 0 Å². The standard InChI is InChI=1S/2C26H12N4O2.2C3H8.CH4/c31-25-15-12-10-14-22-16(26(32)30-20-8-4-2-6-18(20)28-24(14)30)11-9-13(21(15)22)23-27-17-5-1-3-7-19(17)29(23)25;31-25-15-11-12-16-22-14(24-28-18-6-2-4-8-20(18)30(24)26(16)32)10-9-13(21(15)22)23-27-17-5-1-3-7-19(17)29(23)25;2*1-3-2;/h2*1-12H;2*3H2,1-2H3;1H4. The van der Waals surface area contributed by atoms with E-state index in [1.807, 2.05) is 133 Å². The van der Waals surface area contributed by atoms with Crippen LogP contribution in [0.4, 0.5) is 0 Å². The maximum atomic E-state index is 13.6. The largest absolute Gasteiger partial charge is 0.268 e. The van der Waals surface area contributed by atoms with Gasteiger partial charge in [-0.25, -0.2) is 19.9 Å². The Bertz CT molecular complexity index is 4480. The highest BCUT2D eigenvalue weighted by Crippen LogP contribution is 2.38. The first-order valence-corrected chi connectivity index (χ1v) is 23.6. The molecule has 0 radical (unpaired) electrons. The van der Waals surface area contributed by atoms with Gasteiger partial charge in [0.25, 0.3) is 22.2 Å². The summed E-state index contributed by atoms with van der Waals surface area (Å²) in [4.78, 5) is 73.4. The minimum Gasteiger partial charge on any atom is -0.268 e. The van der Waals surface area contributed by atoms with Gasteiger partial charge in [0.15, 0.2) is 0 Å². The number of pyridine rings is 4. The number of hydrogen-bond donors (Lipinski definition) is 0. The van der Waals surface area contributed by atoms with Crippen LogP contribution in [0.5, 0.6) is 0 Å². The average Bonchev–Trinajstić information content (AvgIpc) is 4.18. The summed E-state index contributed by atoms with van der Waals surface area (Å²) in [6.45, 7) is 8.50. The van der Waals surface area contributed by atoms with E-state index >= 15 is 0 Å². The Hall–Kier alpha value is -9.16. The predicted molar refractivity (Wildman–Crippen MR) is 291 cm³/mol. The third-order valence-electron chi connectivity index (χ3n) is 13.3. The van der Waals surface area contributed by atoms with Crippen LogP contribution in [-0.4, -0.2) is 37.5 Å². The van der Waals surface area contributed by atoms with Crippen molar-refractivity contribution in [2.45, 2.75) is 48.0 Å². The van der Waals surface area contributed by atoms with Crippen LogP contribution in [0.3, 0.4) is 0 Å². The predicted octanol–water partition coefficient (Wildman–Crippen LogP) is 12.2. The van der Waals surface area contributed by atoms with Gasteiger partial charge in [-0.15, -0.1) is 0 Å². The van der Waals surface area contributed by atoms with E-state index in [1.165, 1.54) is 12.8 Å². The third kappa shape index (κ3) is 5.78. The van der Waals surface area contributed by atoms with Crippen LogP contribution in [0, 0.1) is 0 Å². The Morgan fingerprint density at radius 3 is 0.690 bits per heavy atom. The zero-order valence-corrected chi connectivity index (χ0v) is 38.5. The summed E-state index contributed by atoms with van der Waals surface area (Å²) in [7, 11) is 0. The lowest BCUT2D eigenvalue weighted by Gasteiger charge is -2.12. The molecule has 8 heterocycles. The second kappa shape index (κ2) is 16.0. The smallest absolute Gasteiger partial charge is 0.264 e. The van der Waals surface area contributed by atoms with Crippen LogP contribution in [0.1, 0.15) is 48.0 Å². The molecule has 0 N–H and O–H groups in total. The summed E-state index contributed by atoms with van der Waals surface area (Å²) in [5.74, 6) is 0. The van der Waals surface area contributed by atoms with Gasteiger partial charge in [-0.3, -0.25) is 36.8 Å². The normalized spacial score (nSPS) is 11.9. The maximum absolute atomic E-state index is 13.6. The monoisotopic (exact) mass is 928 g/mol. The van der Waals surface area contributed by atoms with E-state index in [2.05, 4.69) is 27.7 Å². The second-order valence-corrected chi connectivity index (χ2v) is 17.8. The molecule has 0 spiro atoms. The molecule has 8 aromatic heterocycles. The van der Waals surface area contributed by atoms with E-state index in [9.17, 15) is 19.2 Å². The highest BCUT2D eigenvalue weighted by Gasteiger charge is 2.24. The molecule has 0 saturated heterocycles. The molecule has 0 aliphatic heterocycles. The van der Waals surface area contributed by atoms with E-state index in [0.717, 1.165) is 87.2 Å². The molecular weight excluding hydrogens is 885 g/mol. The van der Waals surface area contributed by atoms with Gasteiger partial charge in [0.2, 0.25) is 0 Å². The van der Waals surface area contributed by atoms with Crippen LogP contribution >= 0.6 is 0 Å². The van der Waals surface area contributed by atoms with Crippen LogP contribution in [0.25, 0.3) is 131 Å². The Morgan fingerprint density at radius 2 is 0.479 bits per heavy atom. The van der Waals surface area contributed by atoms with Gasteiger partial charge in [0, 0.05) is 64.6 Å².